The van der Waals surface area contributed by atoms with Crippen LogP contribution in [0.15, 0.2) is 18.2 Å². The zero-order valence-corrected chi connectivity index (χ0v) is 14.4. The van der Waals surface area contributed by atoms with Gasteiger partial charge in [0.2, 0.25) is 0 Å². The summed E-state index contributed by atoms with van der Waals surface area (Å²) in [6, 6.07) is 4.82. The van der Waals surface area contributed by atoms with Crippen LogP contribution in [-0.2, 0) is 5.67 Å². The van der Waals surface area contributed by atoms with Gasteiger partial charge in [0.1, 0.15) is 17.2 Å². The van der Waals surface area contributed by atoms with Crippen molar-refractivity contribution in [3.63, 3.8) is 0 Å². The van der Waals surface area contributed by atoms with Crippen LogP contribution < -0.4 is 4.74 Å². The number of rotatable bonds is 3. The van der Waals surface area contributed by atoms with Crippen molar-refractivity contribution in [1.82, 2.24) is 4.90 Å². The number of fused-ring (bicyclic) bond motifs is 2. The number of nitrogens with zero attached hydrogens (tertiary/aromatic N) is 1. The molecule has 2 saturated carbocycles. The summed E-state index contributed by atoms with van der Waals surface area (Å²) in [6.07, 6.45) is 7.64. The van der Waals surface area contributed by atoms with Gasteiger partial charge >= 0.3 is 0 Å². The van der Waals surface area contributed by atoms with Gasteiger partial charge in [0.25, 0.3) is 0 Å². The van der Waals surface area contributed by atoms with Crippen molar-refractivity contribution >= 4 is 0 Å². The Morgan fingerprint density at radius 1 is 1.08 bits per heavy atom. The quantitative estimate of drug-likeness (QED) is 0.796. The largest absolute Gasteiger partial charge is 0.496 e. The van der Waals surface area contributed by atoms with E-state index in [9.17, 15) is 4.39 Å². The molecule has 3 aliphatic rings. The molecule has 1 aliphatic heterocycles. The molecule has 0 spiro atoms. The topological polar surface area (TPSA) is 12.5 Å². The molecule has 0 N–H and O–H groups in total. The van der Waals surface area contributed by atoms with Crippen molar-refractivity contribution in [2.24, 2.45) is 11.8 Å². The summed E-state index contributed by atoms with van der Waals surface area (Å²) in [6.45, 7) is 1.53. The number of methoxy groups -OCH3 is 1. The third-order valence-electron chi connectivity index (χ3n) is 6.61. The Bertz CT molecular complexity index is 585. The van der Waals surface area contributed by atoms with Gasteiger partial charge in [-0.15, -0.1) is 0 Å². The van der Waals surface area contributed by atoms with E-state index in [1.165, 1.54) is 57.4 Å². The highest BCUT2D eigenvalue weighted by atomic mass is 19.1. The minimum atomic E-state index is -1.47. The predicted octanol–water partition coefficient (Wildman–Crippen LogP) is 4.67. The van der Waals surface area contributed by atoms with E-state index >= 15 is 4.39 Å². The maximum atomic E-state index is 15.6. The zero-order valence-electron chi connectivity index (χ0n) is 14.4. The Hall–Kier alpha value is -1.16. The number of benzene rings is 1. The van der Waals surface area contributed by atoms with E-state index in [-0.39, 0.29) is 0 Å². The molecule has 2 aliphatic carbocycles. The van der Waals surface area contributed by atoms with Gasteiger partial charge in [-0.2, -0.15) is 0 Å². The Kier molecular flexibility index (Phi) is 4.27. The second kappa shape index (κ2) is 6.29. The predicted molar refractivity (Wildman–Crippen MR) is 90.4 cm³/mol. The van der Waals surface area contributed by atoms with E-state index < -0.39 is 11.5 Å². The van der Waals surface area contributed by atoms with Gasteiger partial charge in [-0.05, 0) is 62.1 Å². The van der Waals surface area contributed by atoms with E-state index in [4.69, 9.17) is 4.74 Å². The molecule has 0 amide bonds. The summed E-state index contributed by atoms with van der Waals surface area (Å²) in [7, 11) is 1.52. The molecule has 0 aromatic heterocycles. The molecule has 1 aromatic rings. The minimum Gasteiger partial charge on any atom is -0.496 e. The van der Waals surface area contributed by atoms with Crippen molar-refractivity contribution in [1.29, 1.82) is 0 Å². The molecular formula is C20H27F2NO. The molecule has 24 heavy (non-hydrogen) atoms. The molecule has 1 heterocycles. The average molecular weight is 335 g/mol. The summed E-state index contributed by atoms with van der Waals surface area (Å²) in [4.78, 5) is 2.49. The average Bonchev–Trinajstić information content (AvgIpc) is 2.93. The highest BCUT2D eigenvalue weighted by Crippen LogP contribution is 2.46. The van der Waals surface area contributed by atoms with Crippen LogP contribution in [0.5, 0.6) is 5.75 Å². The molecule has 3 fully saturated rings. The molecule has 4 heteroatoms. The SMILES string of the molecule is COc1ccc(F)cc1C1(F)CCN(C2CC3CCC(C3)C2)CC1. The highest BCUT2D eigenvalue weighted by molar-refractivity contribution is 5.39. The summed E-state index contributed by atoms with van der Waals surface area (Å²) in [5.41, 5.74) is -1.09. The van der Waals surface area contributed by atoms with Crippen molar-refractivity contribution in [3.8, 4) is 5.75 Å². The van der Waals surface area contributed by atoms with Crippen molar-refractivity contribution in [2.45, 2.75) is 56.7 Å². The van der Waals surface area contributed by atoms with Crippen LogP contribution in [0.4, 0.5) is 8.78 Å². The monoisotopic (exact) mass is 335 g/mol. The molecule has 4 rings (SSSR count). The molecule has 0 radical (unpaired) electrons. The standard InChI is InChI=1S/C20H27F2NO/c1-24-19-5-4-16(21)13-18(19)20(22)6-8-23(9-7-20)17-11-14-2-3-15(10-14)12-17/h4-5,13-15,17H,2-3,6-12H2,1H3. The lowest BCUT2D eigenvalue weighted by Gasteiger charge is -2.43. The molecule has 2 atom stereocenters. The summed E-state index contributed by atoms with van der Waals surface area (Å²) in [5, 5.41) is 0. The molecule has 2 bridgehead atoms. The van der Waals surface area contributed by atoms with Gasteiger partial charge in [0.15, 0.2) is 0 Å². The lowest BCUT2D eigenvalue weighted by Crippen LogP contribution is -2.47. The van der Waals surface area contributed by atoms with Gasteiger partial charge in [-0.3, -0.25) is 0 Å². The fraction of sp³-hybridized carbons (Fsp3) is 0.700. The minimum absolute atomic E-state index is 0.383. The zero-order chi connectivity index (χ0) is 16.7. The van der Waals surface area contributed by atoms with Crippen LogP contribution in [0.2, 0.25) is 0 Å². The Balaban J connectivity index is 1.46. The van der Waals surface area contributed by atoms with Crippen LogP contribution in [-0.4, -0.2) is 31.1 Å². The number of likely N-dealkylation sites (tertiary alicyclic amines) is 1. The molecule has 132 valence electrons. The smallest absolute Gasteiger partial charge is 0.142 e. The maximum Gasteiger partial charge on any atom is 0.142 e. The van der Waals surface area contributed by atoms with Gasteiger partial charge in [-0.25, -0.2) is 8.78 Å². The Labute approximate surface area is 143 Å². The number of ether oxygens (including phenoxy) is 1. The number of piperidine rings is 1. The molecule has 1 saturated heterocycles. The summed E-state index contributed by atoms with van der Waals surface area (Å²) in [5.74, 6) is 1.86. The fourth-order valence-electron chi connectivity index (χ4n) is 5.31. The van der Waals surface area contributed by atoms with E-state index in [0.29, 0.717) is 30.2 Å². The number of halogens is 2. The van der Waals surface area contributed by atoms with Crippen molar-refractivity contribution in [3.05, 3.63) is 29.6 Å². The fourth-order valence-corrected chi connectivity index (χ4v) is 5.31. The van der Waals surface area contributed by atoms with Gasteiger partial charge in [-0.1, -0.05) is 12.8 Å². The first-order chi connectivity index (χ1) is 11.6. The van der Waals surface area contributed by atoms with E-state index in [1.807, 2.05) is 0 Å². The number of hydrogen-bond acceptors (Lipinski definition) is 2. The van der Waals surface area contributed by atoms with E-state index in [0.717, 1.165) is 24.9 Å². The van der Waals surface area contributed by atoms with Crippen LogP contribution in [0, 0.1) is 17.7 Å². The first-order valence-corrected chi connectivity index (χ1v) is 9.34. The molecule has 2 nitrogen and oxygen atoms in total. The van der Waals surface area contributed by atoms with Gasteiger partial charge in [0, 0.05) is 24.7 Å². The van der Waals surface area contributed by atoms with E-state index in [1.54, 1.807) is 0 Å². The second-order valence-electron chi connectivity index (χ2n) is 8.02. The summed E-state index contributed by atoms with van der Waals surface area (Å²) >= 11 is 0. The van der Waals surface area contributed by atoms with Gasteiger partial charge < -0.3 is 9.64 Å². The third-order valence-corrected chi connectivity index (χ3v) is 6.61. The maximum absolute atomic E-state index is 15.6. The van der Waals surface area contributed by atoms with Crippen LogP contribution >= 0.6 is 0 Å². The Morgan fingerprint density at radius 3 is 2.38 bits per heavy atom. The van der Waals surface area contributed by atoms with Crippen molar-refractivity contribution < 1.29 is 13.5 Å². The second-order valence-corrected chi connectivity index (χ2v) is 8.02. The van der Waals surface area contributed by atoms with Crippen LogP contribution in [0.3, 0.4) is 0 Å². The van der Waals surface area contributed by atoms with Gasteiger partial charge in [0.05, 0.1) is 7.11 Å². The van der Waals surface area contributed by atoms with Crippen LogP contribution in [0.25, 0.3) is 0 Å². The normalized spacial score (nSPS) is 32.7. The lowest BCUT2D eigenvalue weighted by atomic mass is 9.81. The lowest BCUT2D eigenvalue weighted by molar-refractivity contribution is 0.0180. The molecule has 2 unspecified atom stereocenters. The third kappa shape index (κ3) is 2.94. The van der Waals surface area contributed by atoms with E-state index in [2.05, 4.69) is 4.90 Å². The van der Waals surface area contributed by atoms with Crippen LogP contribution in [0.1, 0.15) is 50.5 Å². The highest BCUT2D eigenvalue weighted by Gasteiger charge is 2.42. The number of hydrogen-bond donors (Lipinski definition) is 0. The van der Waals surface area contributed by atoms with Crippen molar-refractivity contribution in [2.75, 3.05) is 20.2 Å². The summed E-state index contributed by atoms with van der Waals surface area (Å²) < 4.78 is 34.5. The molecular weight excluding hydrogens is 308 g/mol. The molecule has 1 aromatic carbocycles. The Morgan fingerprint density at radius 2 is 1.75 bits per heavy atom. The number of alkyl halides is 1. The first-order valence-electron chi connectivity index (χ1n) is 9.34. The first kappa shape index (κ1) is 16.3.